The lowest BCUT2D eigenvalue weighted by Crippen LogP contribution is -2.08. The fourth-order valence-electron chi connectivity index (χ4n) is 3.55. The molecule has 0 radical (unpaired) electrons. The highest BCUT2D eigenvalue weighted by Gasteiger charge is 2.22. The van der Waals surface area contributed by atoms with Crippen LogP contribution in [0.1, 0.15) is 117 Å². The van der Waals surface area contributed by atoms with Crippen molar-refractivity contribution in [1.29, 1.82) is 0 Å². The van der Waals surface area contributed by atoms with Crippen LogP contribution in [-0.4, -0.2) is 16.0 Å². The van der Waals surface area contributed by atoms with Gasteiger partial charge in [0.25, 0.3) is 0 Å². The van der Waals surface area contributed by atoms with Crippen molar-refractivity contribution in [3.8, 4) is 11.5 Å². The maximum absolute atomic E-state index is 13.4. The van der Waals surface area contributed by atoms with Gasteiger partial charge in [0, 0.05) is 11.1 Å². The van der Waals surface area contributed by atoms with Crippen LogP contribution in [0.5, 0.6) is 11.5 Å². The maximum atomic E-state index is 13.4. The van der Waals surface area contributed by atoms with E-state index in [4.69, 9.17) is 0 Å². The minimum atomic E-state index is -0.0763. The zero-order chi connectivity index (χ0) is 21.3. The first-order chi connectivity index (χ1) is 13.0. The van der Waals surface area contributed by atoms with Gasteiger partial charge in [-0.15, -0.1) is 0 Å². The van der Waals surface area contributed by atoms with Crippen LogP contribution in [0.3, 0.4) is 0 Å². The lowest BCUT2D eigenvalue weighted by Gasteiger charge is -2.19. The normalized spacial score (nSPS) is 11.9. The average molecular weight is 383 g/mol. The lowest BCUT2D eigenvalue weighted by atomic mass is 9.86. The Kier molecular flexibility index (Phi) is 6.59. The predicted molar refractivity (Wildman–Crippen MR) is 116 cm³/mol. The van der Waals surface area contributed by atoms with Crippen molar-refractivity contribution < 1.29 is 15.0 Å². The molecule has 28 heavy (non-hydrogen) atoms. The summed E-state index contributed by atoms with van der Waals surface area (Å²) in [6.45, 7) is 16.1. The molecule has 152 valence electrons. The van der Waals surface area contributed by atoms with Gasteiger partial charge in [-0.3, -0.25) is 4.79 Å². The number of benzene rings is 2. The Hall–Kier alpha value is -2.29. The number of phenolic OH excluding ortho intramolecular Hbond substituents is 2. The molecule has 0 aliphatic heterocycles. The predicted octanol–water partition coefficient (Wildman–Crippen LogP) is 6.82. The Bertz CT molecular complexity index is 744. The second-order valence-corrected chi connectivity index (χ2v) is 8.95. The molecule has 0 atom stereocenters. The van der Waals surface area contributed by atoms with Crippen molar-refractivity contribution in [1.82, 2.24) is 0 Å². The zero-order valence-electron chi connectivity index (χ0n) is 18.4. The number of hydrogen-bond donors (Lipinski definition) is 2. The average Bonchev–Trinajstić information content (AvgIpc) is 2.60. The standard InChI is InChI=1S/C25H34O3/c1-13(2)19-9-17(10-20(14(3)4)24(19)27)23(26)18-11-21(15(5)6)25(28)22(12-18)16(7)8/h9-16,27-28H,1-8H3. The largest absolute Gasteiger partial charge is 0.507 e. The molecule has 0 amide bonds. The third kappa shape index (κ3) is 4.24. The van der Waals surface area contributed by atoms with E-state index < -0.39 is 0 Å². The number of carbonyl (C=O) groups excluding carboxylic acids is 1. The van der Waals surface area contributed by atoms with Crippen LogP contribution in [0, 0.1) is 0 Å². The Morgan fingerprint density at radius 3 is 0.964 bits per heavy atom. The number of rotatable bonds is 6. The van der Waals surface area contributed by atoms with Crippen LogP contribution in [-0.2, 0) is 0 Å². The monoisotopic (exact) mass is 382 g/mol. The third-order valence-electron chi connectivity index (χ3n) is 5.35. The van der Waals surface area contributed by atoms with Crippen LogP contribution in [0.4, 0.5) is 0 Å². The van der Waals surface area contributed by atoms with Crippen molar-refractivity contribution in [2.45, 2.75) is 79.1 Å². The molecular weight excluding hydrogens is 348 g/mol. The van der Waals surface area contributed by atoms with Gasteiger partial charge >= 0.3 is 0 Å². The Morgan fingerprint density at radius 1 is 0.571 bits per heavy atom. The summed E-state index contributed by atoms with van der Waals surface area (Å²) < 4.78 is 0. The van der Waals surface area contributed by atoms with Crippen LogP contribution in [0.15, 0.2) is 24.3 Å². The topological polar surface area (TPSA) is 57.5 Å². The molecule has 3 nitrogen and oxygen atoms in total. The van der Waals surface area contributed by atoms with Crippen molar-refractivity contribution in [2.24, 2.45) is 0 Å². The summed E-state index contributed by atoms with van der Waals surface area (Å²) in [6.07, 6.45) is 0. The molecule has 0 fully saturated rings. The van der Waals surface area contributed by atoms with E-state index in [2.05, 4.69) is 0 Å². The van der Waals surface area contributed by atoms with E-state index in [0.717, 1.165) is 22.3 Å². The van der Waals surface area contributed by atoms with Gasteiger partial charge in [-0.05, 0) is 70.2 Å². The van der Waals surface area contributed by atoms with Gasteiger partial charge in [0.2, 0.25) is 0 Å². The smallest absolute Gasteiger partial charge is 0.193 e. The minimum Gasteiger partial charge on any atom is -0.507 e. The highest BCUT2D eigenvalue weighted by molar-refractivity contribution is 6.09. The van der Waals surface area contributed by atoms with Crippen molar-refractivity contribution in [3.05, 3.63) is 57.6 Å². The second-order valence-electron chi connectivity index (χ2n) is 8.95. The lowest BCUT2D eigenvalue weighted by molar-refractivity contribution is 0.103. The minimum absolute atomic E-state index is 0.0763. The highest BCUT2D eigenvalue weighted by atomic mass is 16.3. The first-order valence-corrected chi connectivity index (χ1v) is 10.2. The van der Waals surface area contributed by atoms with Crippen molar-refractivity contribution >= 4 is 5.78 Å². The van der Waals surface area contributed by atoms with Crippen molar-refractivity contribution in [3.63, 3.8) is 0 Å². The quantitative estimate of drug-likeness (QED) is 0.539. The van der Waals surface area contributed by atoms with Crippen LogP contribution >= 0.6 is 0 Å². The zero-order valence-corrected chi connectivity index (χ0v) is 18.4. The van der Waals surface area contributed by atoms with Crippen molar-refractivity contribution in [2.75, 3.05) is 0 Å². The van der Waals surface area contributed by atoms with E-state index in [-0.39, 0.29) is 41.0 Å². The molecule has 2 N–H and O–H groups in total. The second kappa shape index (κ2) is 8.38. The molecule has 0 spiro atoms. The molecule has 2 aromatic carbocycles. The number of ketones is 1. The Labute approximate surface area is 169 Å². The molecule has 0 heterocycles. The summed E-state index contributed by atoms with van der Waals surface area (Å²) in [5.74, 6) is 0.957. The molecule has 3 heteroatoms. The highest BCUT2D eigenvalue weighted by Crippen LogP contribution is 2.38. The van der Waals surface area contributed by atoms with Gasteiger partial charge in [-0.1, -0.05) is 55.4 Å². The summed E-state index contributed by atoms with van der Waals surface area (Å²) in [7, 11) is 0. The maximum Gasteiger partial charge on any atom is 0.193 e. The van der Waals surface area contributed by atoms with E-state index >= 15 is 0 Å². The fraction of sp³-hybridized carbons (Fsp3) is 0.480. The summed E-state index contributed by atoms with van der Waals surface area (Å²) >= 11 is 0. The fourth-order valence-corrected chi connectivity index (χ4v) is 3.55. The first-order valence-electron chi connectivity index (χ1n) is 10.2. The summed E-state index contributed by atoms with van der Waals surface area (Å²) in [5, 5.41) is 21.3. The molecule has 2 aromatic rings. The van der Waals surface area contributed by atoms with E-state index in [1.807, 2.05) is 79.7 Å². The van der Waals surface area contributed by atoms with Crippen LogP contribution < -0.4 is 0 Å². The Balaban J connectivity index is 2.69. The van der Waals surface area contributed by atoms with Gasteiger partial charge in [-0.25, -0.2) is 0 Å². The van der Waals surface area contributed by atoms with E-state index in [9.17, 15) is 15.0 Å². The third-order valence-corrected chi connectivity index (χ3v) is 5.35. The van der Waals surface area contributed by atoms with E-state index in [1.165, 1.54) is 0 Å². The van der Waals surface area contributed by atoms with E-state index in [0.29, 0.717) is 11.1 Å². The van der Waals surface area contributed by atoms with E-state index in [1.54, 1.807) is 0 Å². The summed E-state index contributed by atoms with van der Waals surface area (Å²) in [4.78, 5) is 13.4. The van der Waals surface area contributed by atoms with Crippen LogP contribution in [0.25, 0.3) is 0 Å². The molecule has 0 saturated heterocycles. The molecule has 0 aliphatic rings. The molecule has 2 rings (SSSR count). The summed E-state index contributed by atoms with van der Waals surface area (Å²) in [6, 6.07) is 7.24. The molecule has 0 aliphatic carbocycles. The molecule has 0 unspecified atom stereocenters. The first kappa shape index (κ1) is 22.0. The van der Waals surface area contributed by atoms with Crippen LogP contribution in [0.2, 0.25) is 0 Å². The summed E-state index contributed by atoms with van der Waals surface area (Å²) in [5.41, 5.74) is 4.34. The number of hydrogen-bond acceptors (Lipinski definition) is 3. The van der Waals surface area contributed by atoms with Gasteiger partial charge in [0.1, 0.15) is 11.5 Å². The molecular formula is C25H34O3. The van der Waals surface area contributed by atoms with Gasteiger partial charge in [-0.2, -0.15) is 0 Å². The van der Waals surface area contributed by atoms with Gasteiger partial charge in [0.05, 0.1) is 0 Å². The van der Waals surface area contributed by atoms with Gasteiger partial charge < -0.3 is 10.2 Å². The number of phenols is 2. The Morgan fingerprint density at radius 2 is 0.786 bits per heavy atom. The molecule has 0 saturated carbocycles. The SMILES string of the molecule is CC(C)c1cc(C(=O)c2cc(C(C)C)c(O)c(C(C)C)c2)cc(C(C)C)c1O. The molecule has 0 aromatic heterocycles. The molecule has 0 bridgehead atoms. The number of aromatic hydroxyl groups is 2. The van der Waals surface area contributed by atoms with Gasteiger partial charge in [0.15, 0.2) is 5.78 Å². The number of carbonyl (C=O) groups is 1.